The van der Waals surface area contributed by atoms with Gasteiger partial charge in [-0.2, -0.15) is 15.1 Å². The molecule has 2 N–H and O–H groups in total. The summed E-state index contributed by atoms with van der Waals surface area (Å²) in [7, 11) is 0. The van der Waals surface area contributed by atoms with Crippen molar-refractivity contribution in [2.45, 2.75) is 38.6 Å². The van der Waals surface area contributed by atoms with E-state index >= 15 is 0 Å². The average Bonchev–Trinajstić information content (AvgIpc) is 3.67. The molecule has 1 aliphatic carbocycles. The van der Waals surface area contributed by atoms with E-state index in [0.29, 0.717) is 43.9 Å². The van der Waals surface area contributed by atoms with E-state index in [4.69, 9.17) is 9.73 Å². The van der Waals surface area contributed by atoms with Gasteiger partial charge in [0, 0.05) is 17.3 Å². The van der Waals surface area contributed by atoms with Crippen LogP contribution in [0.2, 0.25) is 0 Å². The van der Waals surface area contributed by atoms with Crippen molar-refractivity contribution in [1.29, 1.82) is 0 Å². The summed E-state index contributed by atoms with van der Waals surface area (Å²) in [6.45, 7) is 5.86. The summed E-state index contributed by atoms with van der Waals surface area (Å²) in [5.41, 5.74) is 5.05. The fraction of sp³-hybridized carbons (Fsp3) is 0.440. The number of nitrogens with zero attached hydrogens (tertiary/aromatic N) is 4. The molecule has 1 aromatic carbocycles. The summed E-state index contributed by atoms with van der Waals surface area (Å²) in [6, 6.07) is 8.06. The normalized spacial score (nSPS) is 19.6. The second kappa shape index (κ2) is 11.8. The molecule has 0 amide bonds. The van der Waals surface area contributed by atoms with Crippen LogP contribution in [0, 0.1) is 6.92 Å². The quantitative estimate of drug-likeness (QED) is 0.649. The summed E-state index contributed by atoms with van der Waals surface area (Å²) < 4.78 is 18.0. The summed E-state index contributed by atoms with van der Waals surface area (Å²) in [5.74, 6) is 1.93. The van der Waals surface area contributed by atoms with Gasteiger partial charge in [-0.15, -0.1) is 0 Å². The zero-order chi connectivity index (χ0) is 23.8. The van der Waals surface area contributed by atoms with Crippen LogP contribution in [-0.4, -0.2) is 61.2 Å². The Morgan fingerprint density at radius 2 is 2.09 bits per heavy atom. The molecule has 1 fully saturated rings. The molecule has 180 valence electrons. The second-order valence-corrected chi connectivity index (χ2v) is 8.60. The first-order chi connectivity index (χ1) is 16.6. The van der Waals surface area contributed by atoms with Gasteiger partial charge < -0.3 is 15.4 Å². The Bertz CT molecular complexity index is 1070. The molecule has 34 heavy (non-hydrogen) atoms. The van der Waals surface area contributed by atoms with Gasteiger partial charge in [-0.1, -0.05) is 12.1 Å². The van der Waals surface area contributed by atoms with Crippen LogP contribution < -0.4 is 10.6 Å². The predicted octanol–water partition coefficient (Wildman–Crippen LogP) is 3.49. The summed E-state index contributed by atoms with van der Waals surface area (Å²) in [5, 5.41) is 15.2. The first kappa shape index (κ1) is 24.0. The van der Waals surface area contributed by atoms with E-state index in [0.717, 1.165) is 22.4 Å². The molecular formula is C25H31FN6O2. The molecule has 2 aromatic rings. The van der Waals surface area contributed by atoms with Gasteiger partial charge in [0.05, 0.1) is 44.2 Å². The van der Waals surface area contributed by atoms with Crippen molar-refractivity contribution in [3.8, 4) is 11.3 Å². The lowest BCUT2D eigenvalue weighted by atomic mass is 10.0. The minimum absolute atomic E-state index is 0.0823. The standard InChI is InChI=1S/C25H31FN6O2/c1-17-3-4-20(23-14-21(15-29-32-23)19-5-6-19)13-22(17)25-28-10-12-33-11-9-27-8-7-24(31-25)30-18(2)16-34-26/h3-4,7-8,13-15,18-19,30H,5-6,9-12,16H2,1-2H3,(H,28,31)/b24-7-,27-8?. The Kier molecular flexibility index (Phi) is 8.32. The third-order valence-corrected chi connectivity index (χ3v) is 5.70. The van der Waals surface area contributed by atoms with E-state index in [9.17, 15) is 4.53 Å². The number of aliphatic imine (C=N–C) groups is 2. The van der Waals surface area contributed by atoms with Crippen molar-refractivity contribution in [3.05, 3.63) is 59.0 Å². The number of aryl methyl sites for hydroxylation is 1. The Morgan fingerprint density at radius 1 is 1.24 bits per heavy atom. The molecule has 1 saturated carbocycles. The lowest BCUT2D eigenvalue weighted by molar-refractivity contribution is -0.137. The molecule has 4 rings (SSSR count). The molecular weight excluding hydrogens is 435 g/mol. The Balaban J connectivity index is 1.66. The molecule has 9 heteroatoms. The zero-order valence-corrected chi connectivity index (χ0v) is 19.6. The van der Waals surface area contributed by atoms with E-state index in [1.165, 1.54) is 18.4 Å². The number of allylic oxidation sites excluding steroid dienone is 1. The number of aromatic nitrogens is 2. The molecule has 8 nitrogen and oxygen atoms in total. The zero-order valence-electron chi connectivity index (χ0n) is 19.6. The number of rotatable bonds is 7. The average molecular weight is 467 g/mol. The van der Waals surface area contributed by atoms with Gasteiger partial charge in [-0.05, 0) is 66.5 Å². The first-order valence-electron chi connectivity index (χ1n) is 11.7. The van der Waals surface area contributed by atoms with Gasteiger partial charge in [0.2, 0.25) is 0 Å². The maximum absolute atomic E-state index is 12.4. The molecule has 0 saturated heterocycles. The van der Waals surface area contributed by atoms with Gasteiger partial charge in [0.15, 0.2) is 0 Å². The van der Waals surface area contributed by atoms with Gasteiger partial charge in [-0.25, -0.2) is 0 Å². The van der Waals surface area contributed by atoms with Gasteiger partial charge in [0.1, 0.15) is 18.3 Å². The summed E-state index contributed by atoms with van der Waals surface area (Å²) in [6.07, 6.45) is 7.79. The van der Waals surface area contributed by atoms with Crippen molar-refractivity contribution < 1.29 is 14.2 Å². The Hall–Kier alpha value is -3.17. The molecule has 1 unspecified atom stereocenters. The number of nitrogens with one attached hydrogen (secondary N) is 2. The maximum atomic E-state index is 12.4. The van der Waals surface area contributed by atoms with Crippen LogP contribution in [0.1, 0.15) is 42.4 Å². The SMILES string of the molecule is Cc1ccc(-c2cc(C3CC3)cnn2)cc1C1=NCCOCCN=C/C=C(/NC(C)COF)N1. The topological polar surface area (TPSA) is 93.0 Å². The Labute approximate surface area is 199 Å². The molecule has 0 bridgehead atoms. The predicted molar refractivity (Wildman–Crippen MR) is 131 cm³/mol. The molecule has 1 aromatic heterocycles. The molecule has 0 radical (unpaired) electrons. The van der Waals surface area contributed by atoms with Gasteiger partial charge in [0.25, 0.3) is 0 Å². The van der Waals surface area contributed by atoms with E-state index in [2.05, 4.69) is 55.0 Å². The second-order valence-electron chi connectivity index (χ2n) is 8.60. The fourth-order valence-electron chi connectivity index (χ4n) is 3.69. The molecule has 2 aliphatic rings. The van der Waals surface area contributed by atoms with Crippen LogP contribution in [-0.2, 0) is 9.68 Å². The van der Waals surface area contributed by atoms with Gasteiger partial charge in [-0.3, -0.25) is 9.98 Å². The Morgan fingerprint density at radius 3 is 2.91 bits per heavy atom. The lowest BCUT2D eigenvalue weighted by Gasteiger charge is -2.20. The lowest BCUT2D eigenvalue weighted by Crippen LogP contribution is -2.39. The number of ether oxygens (including phenoxy) is 1. The minimum atomic E-state index is -0.262. The number of amidine groups is 1. The van der Waals surface area contributed by atoms with Gasteiger partial charge >= 0.3 is 0 Å². The van der Waals surface area contributed by atoms with Crippen molar-refractivity contribution in [2.75, 3.05) is 32.9 Å². The third-order valence-electron chi connectivity index (χ3n) is 5.70. The molecule has 1 atom stereocenters. The van der Waals surface area contributed by atoms with Crippen LogP contribution in [0.15, 0.2) is 52.3 Å². The van der Waals surface area contributed by atoms with E-state index < -0.39 is 0 Å². The summed E-state index contributed by atoms with van der Waals surface area (Å²) in [4.78, 5) is 12.9. The first-order valence-corrected chi connectivity index (χ1v) is 11.7. The van der Waals surface area contributed by atoms with Crippen LogP contribution in [0.25, 0.3) is 11.3 Å². The monoisotopic (exact) mass is 466 g/mol. The number of hydrogen-bond donors (Lipinski definition) is 2. The highest BCUT2D eigenvalue weighted by Crippen LogP contribution is 2.40. The molecule has 2 heterocycles. The van der Waals surface area contributed by atoms with Crippen LogP contribution in [0.5, 0.6) is 0 Å². The highest BCUT2D eigenvalue weighted by molar-refractivity contribution is 6.02. The van der Waals surface area contributed by atoms with Crippen LogP contribution >= 0.6 is 0 Å². The van der Waals surface area contributed by atoms with E-state index in [1.807, 2.05) is 20.0 Å². The molecule has 0 spiro atoms. The van der Waals surface area contributed by atoms with Crippen molar-refractivity contribution >= 4 is 12.1 Å². The number of benzene rings is 1. The van der Waals surface area contributed by atoms with Crippen LogP contribution in [0.4, 0.5) is 4.53 Å². The third kappa shape index (κ3) is 6.68. The van der Waals surface area contributed by atoms with E-state index in [-0.39, 0.29) is 12.6 Å². The maximum Gasteiger partial charge on any atom is 0.134 e. The molecule has 1 aliphatic heterocycles. The van der Waals surface area contributed by atoms with Crippen molar-refractivity contribution in [3.63, 3.8) is 0 Å². The van der Waals surface area contributed by atoms with Crippen LogP contribution in [0.3, 0.4) is 0 Å². The summed E-state index contributed by atoms with van der Waals surface area (Å²) >= 11 is 0. The van der Waals surface area contributed by atoms with Crippen molar-refractivity contribution in [2.24, 2.45) is 9.98 Å². The number of halogens is 1. The highest BCUT2D eigenvalue weighted by atomic mass is 19.3. The van der Waals surface area contributed by atoms with E-state index in [1.54, 1.807) is 12.3 Å². The smallest absolute Gasteiger partial charge is 0.134 e. The van der Waals surface area contributed by atoms with Crippen molar-refractivity contribution in [1.82, 2.24) is 20.8 Å². The fourth-order valence-corrected chi connectivity index (χ4v) is 3.69. The number of hydrogen-bond acceptors (Lipinski definition) is 8. The minimum Gasteiger partial charge on any atom is -0.378 e. The largest absolute Gasteiger partial charge is 0.378 e. The highest BCUT2D eigenvalue weighted by Gasteiger charge is 2.24.